The molecule has 0 radical (unpaired) electrons. The number of alkyl halides is 3. The van der Waals surface area contributed by atoms with Crippen molar-refractivity contribution in [1.29, 1.82) is 0 Å². The van der Waals surface area contributed by atoms with E-state index in [2.05, 4.69) is 9.97 Å². The monoisotopic (exact) mass is 272 g/mol. The van der Waals surface area contributed by atoms with E-state index in [1.54, 1.807) is 0 Å². The first-order valence-corrected chi connectivity index (χ1v) is 5.87. The number of benzene rings is 1. The summed E-state index contributed by atoms with van der Waals surface area (Å²) in [6, 6.07) is 3.33. The van der Waals surface area contributed by atoms with Crippen LogP contribution in [-0.4, -0.2) is 9.97 Å². The van der Waals surface area contributed by atoms with Crippen molar-refractivity contribution < 1.29 is 13.2 Å². The van der Waals surface area contributed by atoms with Crippen molar-refractivity contribution in [3.05, 3.63) is 34.7 Å². The molecular formula is C12H8ClF3N2. The molecule has 2 nitrogen and oxygen atoms in total. The van der Waals surface area contributed by atoms with Crippen molar-refractivity contribution in [2.75, 3.05) is 0 Å². The average molecular weight is 273 g/mol. The maximum atomic E-state index is 12.6. The van der Waals surface area contributed by atoms with Crippen LogP contribution in [0.15, 0.2) is 18.2 Å². The third kappa shape index (κ3) is 2.03. The van der Waals surface area contributed by atoms with Crippen molar-refractivity contribution in [2.45, 2.75) is 24.9 Å². The van der Waals surface area contributed by atoms with Gasteiger partial charge in [0.05, 0.1) is 11.1 Å². The standard InChI is InChI=1S/C12H8ClF3N2/c13-10-8-4-3-7(12(14,15)16)5-9(8)17-11(18-10)6-1-2-6/h3-6H,1-2H2. The van der Waals surface area contributed by atoms with Gasteiger partial charge in [0.15, 0.2) is 0 Å². The minimum atomic E-state index is -4.37. The van der Waals surface area contributed by atoms with E-state index in [4.69, 9.17) is 11.6 Å². The molecule has 6 heteroatoms. The molecule has 18 heavy (non-hydrogen) atoms. The summed E-state index contributed by atoms with van der Waals surface area (Å²) in [5.41, 5.74) is -0.460. The Morgan fingerprint density at radius 1 is 1.17 bits per heavy atom. The molecular weight excluding hydrogens is 265 g/mol. The second-order valence-corrected chi connectivity index (χ2v) is 4.73. The van der Waals surface area contributed by atoms with E-state index < -0.39 is 11.7 Å². The van der Waals surface area contributed by atoms with E-state index in [0.29, 0.717) is 11.2 Å². The minimum Gasteiger partial charge on any atom is -0.232 e. The van der Waals surface area contributed by atoms with Crippen LogP contribution < -0.4 is 0 Å². The third-order valence-electron chi connectivity index (χ3n) is 2.94. The number of fused-ring (bicyclic) bond motifs is 1. The Hall–Kier alpha value is -1.36. The zero-order valence-electron chi connectivity index (χ0n) is 9.13. The highest BCUT2D eigenvalue weighted by atomic mass is 35.5. The minimum absolute atomic E-state index is 0.218. The quantitative estimate of drug-likeness (QED) is 0.728. The van der Waals surface area contributed by atoms with Crippen molar-refractivity contribution in [2.24, 2.45) is 0 Å². The highest BCUT2D eigenvalue weighted by molar-refractivity contribution is 6.34. The highest BCUT2D eigenvalue weighted by Gasteiger charge is 2.31. The first-order chi connectivity index (χ1) is 8.45. The van der Waals surface area contributed by atoms with Crippen LogP contribution in [0.5, 0.6) is 0 Å². The third-order valence-corrected chi connectivity index (χ3v) is 3.23. The van der Waals surface area contributed by atoms with Crippen molar-refractivity contribution >= 4 is 22.5 Å². The van der Waals surface area contributed by atoms with Crippen LogP contribution in [-0.2, 0) is 6.18 Å². The summed E-state index contributed by atoms with van der Waals surface area (Å²) >= 11 is 5.97. The Labute approximate surface area is 106 Å². The van der Waals surface area contributed by atoms with Crippen LogP contribution in [0.1, 0.15) is 30.1 Å². The lowest BCUT2D eigenvalue weighted by molar-refractivity contribution is -0.137. The molecule has 0 saturated heterocycles. The fraction of sp³-hybridized carbons (Fsp3) is 0.333. The molecule has 0 atom stereocenters. The average Bonchev–Trinajstić information content (AvgIpc) is 3.10. The Kier molecular flexibility index (Phi) is 2.48. The van der Waals surface area contributed by atoms with Gasteiger partial charge in [0.1, 0.15) is 11.0 Å². The first-order valence-electron chi connectivity index (χ1n) is 5.49. The van der Waals surface area contributed by atoms with E-state index in [1.165, 1.54) is 6.07 Å². The lowest BCUT2D eigenvalue weighted by Crippen LogP contribution is -2.05. The lowest BCUT2D eigenvalue weighted by Gasteiger charge is -2.08. The van der Waals surface area contributed by atoms with Gasteiger partial charge in [-0.15, -0.1) is 0 Å². The Morgan fingerprint density at radius 3 is 2.50 bits per heavy atom. The summed E-state index contributed by atoms with van der Waals surface area (Å²) in [4.78, 5) is 8.30. The molecule has 1 fully saturated rings. The van der Waals surface area contributed by atoms with Crippen LogP contribution in [0.2, 0.25) is 5.15 Å². The molecule has 0 unspecified atom stereocenters. The van der Waals surface area contributed by atoms with Gasteiger partial charge < -0.3 is 0 Å². The van der Waals surface area contributed by atoms with Crippen molar-refractivity contribution in [1.82, 2.24) is 9.97 Å². The second-order valence-electron chi connectivity index (χ2n) is 4.38. The van der Waals surface area contributed by atoms with Gasteiger partial charge in [-0.2, -0.15) is 13.2 Å². The van der Waals surface area contributed by atoms with E-state index in [0.717, 1.165) is 25.0 Å². The molecule has 1 aromatic carbocycles. The van der Waals surface area contributed by atoms with E-state index in [9.17, 15) is 13.2 Å². The summed E-state index contributed by atoms with van der Waals surface area (Å²) in [5.74, 6) is 0.799. The summed E-state index contributed by atoms with van der Waals surface area (Å²) in [5, 5.41) is 0.671. The smallest absolute Gasteiger partial charge is 0.232 e. The van der Waals surface area contributed by atoms with E-state index >= 15 is 0 Å². The summed E-state index contributed by atoms with van der Waals surface area (Å²) in [6.07, 6.45) is -2.42. The van der Waals surface area contributed by atoms with E-state index in [1.807, 2.05) is 0 Å². The number of rotatable bonds is 1. The van der Waals surface area contributed by atoms with Gasteiger partial charge in [-0.05, 0) is 31.0 Å². The van der Waals surface area contributed by atoms with Crippen molar-refractivity contribution in [3.8, 4) is 0 Å². The van der Waals surface area contributed by atoms with Crippen LogP contribution in [0.4, 0.5) is 13.2 Å². The molecule has 3 rings (SSSR count). The Bertz CT molecular complexity index is 620. The first kappa shape index (κ1) is 11.7. The van der Waals surface area contributed by atoms with Gasteiger partial charge in [0, 0.05) is 11.3 Å². The second kappa shape index (κ2) is 3.82. The fourth-order valence-electron chi connectivity index (χ4n) is 1.81. The largest absolute Gasteiger partial charge is 0.416 e. The molecule has 0 N–H and O–H groups in total. The number of hydrogen-bond acceptors (Lipinski definition) is 2. The summed E-state index contributed by atoms with van der Waals surface area (Å²) in [6.45, 7) is 0. The predicted octanol–water partition coefficient (Wildman–Crippen LogP) is 4.18. The molecule has 0 spiro atoms. The molecule has 1 aliphatic carbocycles. The maximum Gasteiger partial charge on any atom is 0.416 e. The number of aromatic nitrogens is 2. The number of nitrogens with zero attached hydrogens (tertiary/aromatic N) is 2. The van der Waals surface area contributed by atoms with Gasteiger partial charge in [-0.3, -0.25) is 0 Å². The fourth-order valence-corrected chi connectivity index (χ4v) is 2.05. The number of hydrogen-bond donors (Lipinski definition) is 0. The Balaban J connectivity index is 2.19. The van der Waals surface area contributed by atoms with Gasteiger partial charge >= 0.3 is 6.18 Å². The highest BCUT2D eigenvalue weighted by Crippen LogP contribution is 2.40. The zero-order chi connectivity index (χ0) is 12.9. The zero-order valence-corrected chi connectivity index (χ0v) is 9.89. The lowest BCUT2D eigenvalue weighted by atomic mass is 10.1. The summed E-state index contributed by atoms with van der Waals surface area (Å²) < 4.78 is 37.8. The molecule has 1 aliphatic rings. The maximum absolute atomic E-state index is 12.6. The van der Waals surface area contributed by atoms with Gasteiger partial charge in [-0.25, -0.2) is 9.97 Å². The molecule has 0 bridgehead atoms. The summed E-state index contributed by atoms with van der Waals surface area (Å²) in [7, 11) is 0. The molecule has 94 valence electrons. The normalized spacial score (nSPS) is 16.2. The Morgan fingerprint density at radius 2 is 1.89 bits per heavy atom. The molecule has 2 aromatic rings. The SMILES string of the molecule is FC(F)(F)c1ccc2c(Cl)nc(C3CC3)nc2c1. The topological polar surface area (TPSA) is 25.8 Å². The molecule has 1 aromatic heterocycles. The van der Waals surface area contributed by atoms with Gasteiger partial charge in [0.25, 0.3) is 0 Å². The van der Waals surface area contributed by atoms with Gasteiger partial charge in [-0.1, -0.05) is 11.6 Å². The van der Waals surface area contributed by atoms with E-state index in [-0.39, 0.29) is 16.6 Å². The van der Waals surface area contributed by atoms with Crippen LogP contribution in [0.3, 0.4) is 0 Å². The van der Waals surface area contributed by atoms with Crippen molar-refractivity contribution in [3.63, 3.8) is 0 Å². The van der Waals surface area contributed by atoms with Crippen LogP contribution in [0.25, 0.3) is 10.9 Å². The number of halogens is 4. The molecule has 0 amide bonds. The molecule has 0 aliphatic heterocycles. The molecule has 1 heterocycles. The van der Waals surface area contributed by atoms with Gasteiger partial charge in [0.2, 0.25) is 0 Å². The van der Waals surface area contributed by atoms with Crippen LogP contribution in [0, 0.1) is 0 Å². The van der Waals surface area contributed by atoms with Crippen LogP contribution >= 0.6 is 11.6 Å². The predicted molar refractivity (Wildman–Crippen MR) is 61.5 cm³/mol. The molecule has 1 saturated carbocycles.